The fraction of sp³-hybridized carbons (Fsp3) is 1.00. The summed E-state index contributed by atoms with van der Waals surface area (Å²) in [4.78, 5) is 0. The van der Waals surface area contributed by atoms with Gasteiger partial charge in [-0.15, -0.1) is 0 Å². The number of hydrogen-bond donors (Lipinski definition) is 1. The molecule has 2 unspecified atom stereocenters. The highest BCUT2D eigenvalue weighted by molar-refractivity contribution is 4.93. The van der Waals surface area contributed by atoms with Gasteiger partial charge in [-0.3, -0.25) is 0 Å². The van der Waals surface area contributed by atoms with Crippen LogP contribution in [0.3, 0.4) is 0 Å². The van der Waals surface area contributed by atoms with E-state index in [-0.39, 0.29) is 0 Å². The monoisotopic (exact) mass is 239 g/mol. The Kier molecular flexibility index (Phi) is 4.87. The van der Waals surface area contributed by atoms with Gasteiger partial charge < -0.3 is 10.1 Å². The molecular weight excluding hydrogens is 210 g/mol. The SMILES string of the molecule is CC(C)CC1(CCCC2CCCO2)CCCN1. The van der Waals surface area contributed by atoms with Crippen LogP contribution in [0.2, 0.25) is 0 Å². The van der Waals surface area contributed by atoms with Gasteiger partial charge in [0.15, 0.2) is 0 Å². The van der Waals surface area contributed by atoms with E-state index >= 15 is 0 Å². The summed E-state index contributed by atoms with van der Waals surface area (Å²) in [6, 6.07) is 0. The van der Waals surface area contributed by atoms with Crippen molar-refractivity contribution in [1.82, 2.24) is 5.32 Å². The first-order valence-corrected chi connectivity index (χ1v) is 7.57. The highest BCUT2D eigenvalue weighted by Crippen LogP contribution is 2.32. The van der Waals surface area contributed by atoms with Gasteiger partial charge in [-0.1, -0.05) is 13.8 Å². The van der Waals surface area contributed by atoms with Crippen LogP contribution in [0.4, 0.5) is 0 Å². The van der Waals surface area contributed by atoms with Crippen molar-refractivity contribution in [2.45, 2.75) is 76.9 Å². The minimum Gasteiger partial charge on any atom is -0.378 e. The molecule has 2 aliphatic heterocycles. The highest BCUT2D eigenvalue weighted by Gasteiger charge is 2.33. The second-order valence-electron chi connectivity index (χ2n) is 6.44. The maximum Gasteiger partial charge on any atom is 0.0576 e. The van der Waals surface area contributed by atoms with Crippen LogP contribution >= 0.6 is 0 Å². The maximum absolute atomic E-state index is 5.71. The number of hydrogen-bond acceptors (Lipinski definition) is 2. The molecule has 17 heavy (non-hydrogen) atoms. The first-order valence-electron chi connectivity index (χ1n) is 7.57. The topological polar surface area (TPSA) is 21.3 Å². The Labute approximate surface area is 107 Å². The third kappa shape index (κ3) is 3.96. The third-order valence-corrected chi connectivity index (χ3v) is 4.34. The predicted molar refractivity (Wildman–Crippen MR) is 72.2 cm³/mol. The van der Waals surface area contributed by atoms with E-state index in [9.17, 15) is 0 Å². The molecule has 2 rings (SSSR count). The lowest BCUT2D eigenvalue weighted by molar-refractivity contribution is 0.0988. The molecule has 2 heteroatoms. The Balaban J connectivity index is 1.73. The normalized spacial score (nSPS) is 33.7. The molecule has 0 aromatic carbocycles. The largest absolute Gasteiger partial charge is 0.378 e. The Morgan fingerprint density at radius 3 is 2.82 bits per heavy atom. The molecule has 0 aromatic heterocycles. The Morgan fingerprint density at radius 2 is 2.24 bits per heavy atom. The van der Waals surface area contributed by atoms with Crippen LogP contribution in [0.25, 0.3) is 0 Å². The zero-order chi connectivity index (χ0) is 12.1. The van der Waals surface area contributed by atoms with E-state index in [0.29, 0.717) is 11.6 Å². The zero-order valence-electron chi connectivity index (χ0n) is 11.6. The van der Waals surface area contributed by atoms with Crippen molar-refractivity contribution in [3.05, 3.63) is 0 Å². The van der Waals surface area contributed by atoms with Crippen molar-refractivity contribution < 1.29 is 4.74 Å². The molecule has 0 aromatic rings. The van der Waals surface area contributed by atoms with Crippen LogP contribution in [-0.2, 0) is 4.74 Å². The molecule has 0 bridgehead atoms. The standard InChI is InChI=1S/C15H29NO/c1-13(2)12-15(9-5-10-16-15)8-3-6-14-7-4-11-17-14/h13-14,16H,3-12H2,1-2H3. The van der Waals surface area contributed by atoms with Crippen LogP contribution in [0.5, 0.6) is 0 Å². The van der Waals surface area contributed by atoms with Crippen molar-refractivity contribution in [3.8, 4) is 0 Å². The molecule has 0 spiro atoms. The second-order valence-corrected chi connectivity index (χ2v) is 6.44. The Hall–Kier alpha value is -0.0800. The van der Waals surface area contributed by atoms with Gasteiger partial charge in [0.2, 0.25) is 0 Å². The lowest BCUT2D eigenvalue weighted by atomic mass is 9.83. The van der Waals surface area contributed by atoms with Crippen molar-refractivity contribution in [3.63, 3.8) is 0 Å². The lowest BCUT2D eigenvalue weighted by Crippen LogP contribution is -2.41. The molecule has 0 radical (unpaired) electrons. The van der Waals surface area contributed by atoms with E-state index in [1.807, 2.05) is 0 Å². The molecular formula is C15H29NO. The fourth-order valence-electron chi connectivity index (χ4n) is 3.68. The van der Waals surface area contributed by atoms with Crippen LogP contribution in [0.15, 0.2) is 0 Å². The van der Waals surface area contributed by atoms with E-state index in [1.165, 1.54) is 57.9 Å². The number of ether oxygens (including phenoxy) is 1. The van der Waals surface area contributed by atoms with Crippen LogP contribution in [-0.4, -0.2) is 24.8 Å². The van der Waals surface area contributed by atoms with E-state index in [4.69, 9.17) is 4.74 Å². The van der Waals surface area contributed by atoms with E-state index in [1.54, 1.807) is 0 Å². The summed E-state index contributed by atoms with van der Waals surface area (Å²) in [6.07, 6.45) is 11.2. The summed E-state index contributed by atoms with van der Waals surface area (Å²) >= 11 is 0. The van der Waals surface area contributed by atoms with Crippen molar-refractivity contribution in [1.29, 1.82) is 0 Å². The molecule has 0 amide bonds. The summed E-state index contributed by atoms with van der Waals surface area (Å²) < 4.78 is 5.71. The number of nitrogens with one attached hydrogen (secondary N) is 1. The molecule has 2 nitrogen and oxygen atoms in total. The molecule has 100 valence electrons. The summed E-state index contributed by atoms with van der Waals surface area (Å²) in [5.41, 5.74) is 0.465. The van der Waals surface area contributed by atoms with Gasteiger partial charge >= 0.3 is 0 Å². The van der Waals surface area contributed by atoms with Gasteiger partial charge in [0, 0.05) is 12.1 Å². The van der Waals surface area contributed by atoms with Gasteiger partial charge in [-0.2, -0.15) is 0 Å². The van der Waals surface area contributed by atoms with E-state index in [2.05, 4.69) is 19.2 Å². The quantitative estimate of drug-likeness (QED) is 0.766. The minimum atomic E-state index is 0.465. The summed E-state index contributed by atoms with van der Waals surface area (Å²) in [7, 11) is 0. The van der Waals surface area contributed by atoms with E-state index in [0.717, 1.165) is 12.5 Å². The molecule has 2 atom stereocenters. The predicted octanol–water partition coefficient (Wildman–Crippen LogP) is 3.50. The lowest BCUT2D eigenvalue weighted by Gasteiger charge is -2.32. The van der Waals surface area contributed by atoms with Gasteiger partial charge in [0.1, 0.15) is 0 Å². The molecule has 2 fully saturated rings. The van der Waals surface area contributed by atoms with Crippen molar-refractivity contribution in [2.24, 2.45) is 5.92 Å². The zero-order valence-corrected chi connectivity index (χ0v) is 11.6. The maximum atomic E-state index is 5.71. The Bertz CT molecular complexity index is 215. The minimum absolute atomic E-state index is 0.465. The Morgan fingerprint density at radius 1 is 1.35 bits per heavy atom. The first-order chi connectivity index (χ1) is 8.20. The highest BCUT2D eigenvalue weighted by atomic mass is 16.5. The van der Waals surface area contributed by atoms with Crippen molar-refractivity contribution >= 4 is 0 Å². The summed E-state index contributed by atoms with van der Waals surface area (Å²) in [5.74, 6) is 0.809. The van der Waals surface area contributed by atoms with Crippen LogP contribution < -0.4 is 5.32 Å². The summed E-state index contributed by atoms with van der Waals surface area (Å²) in [5, 5.41) is 3.79. The molecule has 1 N–H and O–H groups in total. The third-order valence-electron chi connectivity index (χ3n) is 4.34. The average Bonchev–Trinajstić information content (AvgIpc) is 2.89. The molecule has 0 aliphatic carbocycles. The van der Waals surface area contributed by atoms with Gasteiger partial charge in [-0.05, 0) is 63.8 Å². The first kappa shape index (κ1) is 13.4. The number of rotatable bonds is 6. The molecule has 0 saturated carbocycles. The average molecular weight is 239 g/mol. The molecule has 2 heterocycles. The molecule has 2 aliphatic rings. The van der Waals surface area contributed by atoms with Gasteiger partial charge in [-0.25, -0.2) is 0 Å². The van der Waals surface area contributed by atoms with Crippen molar-refractivity contribution in [2.75, 3.05) is 13.2 Å². The molecule has 2 saturated heterocycles. The van der Waals surface area contributed by atoms with Gasteiger partial charge in [0.05, 0.1) is 6.10 Å². The van der Waals surface area contributed by atoms with E-state index < -0.39 is 0 Å². The summed E-state index contributed by atoms with van der Waals surface area (Å²) in [6.45, 7) is 6.93. The van der Waals surface area contributed by atoms with Crippen LogP contribution in [0.1, 0.15) is 65.2 Å². The van der Waals surface area contributed by atoms with Gasteiger partial charge in [0.25, 0.3) is 0 Å². The fourth-order valence-corrected chi connectivity index (χ4v) is 3.68. The van der Waals surface area contributed by atoms with Crippen LogP contribution in [0, 0.1) is 5.92 Å². The second kappa shape index (κ2) is 6.19. The smallest absolute Gasteiger partial charge is 0.0576 e.